The van der Waals surface area contributed by atoms with Crippen molar-refractivity contribution >= 4 is 11.8 Å². The van der Waals surface area contributed by atoms with Crippen LogP contribution in [0.15, 0.2) is 24.3 Å². The molecule has 1 aromatic carbocycles. The molecule has 0 heterocycles. The molecular formula is C19H27FN2O4. The number of nitrogens with two attached hydrogens (primary N) is 2. The van der Waals surface area contributed by atoms with Crippen molar-refractivity contribution in [2.75, 3.05) is 0 Å². The van der Waals surface area contributed by atoms with E-state index >= 15 is 0 Å². The molecule has 0 radical (unpaired) electrons. The maximum absolute atomic E-state index is 13.2. The number of carbonyl (C=O) groups excluding carboxylic acids is 2. The first-order valence-corrected chi connectivity index (χ1v) is 8.97. The van der Waals surface area contributed by atoms with Gasteiger partial charge in [0.15, 0.2) is 0 Å². The van der Waals surface area contributed by atoms with E-state index in [1.54, 1.807) is 12.1 Å². The highest BCUT2D eigenvalue weighted by Gasteiger charge is 2.50. The summed E-state index contributed by atoms with van der Waals surface area (Å²) in [5, 5.41) is 21.4. The molecule has 1 aromatic rings. The van der Waals surface area contributed by atoms with Crippen molar-refractivity contribution in [2.24, 2.45) is 23.3 Å². The summed E-state index contributed by atoms with van der Waals surface area (Å²) in [4.78, 5) is 23.7. The number of aliphatic hydroxyl groups is 2. The zero-order valence-electron chi connectivity index (χ0n) is 14.7. The molecule has 1 saturated carbocycles. The number of carbonyl (C=O) groups is 2. The van der Waals surface area contributed by atoms with Crippen LogP contribution < -0.4 is 11.5 Å². The quantitative estimate of drug-likeness (QED) is 0.548. The number of aliphatic hydroxyl groups excluding tert-OH is 1. The molecular weight excluding hydrogens is 339 g/mol. The van der Waals surface area contributed by atoms with Gasteiger partial charge in [-0.05, 0) is 49.8 Å². The predicted molar refractivity (Wildman–Crippen MR) is 94.1 cm³/mol. The Morgan fingerprint density at radius 1 is 1.31 bits per heavy atom. The van der Waals surface area contributed by atoms with E-state index in [1.807, 2.05) is 0 Å². The molecule has 0 aromatic heterocycles. The zero-order valence-corrected chi connectivity index (χ0v) is 14.7. The van der Waals surface area contributed by atoms with Gasteiger partial charge in [-0.15, -0.1) is 0 Å². The Labute approximate surface area is 152 Å². The summed E-state index contributed by atoms with van der Waals surface area (Å²) in [6, 6.07) is 6.06. The third kappa shape index (κ3) is 4.80. The lowest BCUT2D eigenvalue weighted by Crippen LogP contribution is -2.56. The monoisotopic (exact) mass is 366 g/mol. The van der Waals surface area contributed by atoms with E-state index in [9.17, 15) is 24.2 Å². The molecule has 7 heteroatoms. The molecule has 4 unspecified atom stereocenters. The van der Waals surface area contributed by atoms with Crippen LogP contribution in [0.25, 0.3) is 0 Å². The van der Waals surface area contributed by atoms with Crippen LogP contribution in [0.1, 0.15) is 44.1 Å². The normalized spacial score (nSPS) is 25.4. The van der Waals surface area contributed by atoms with Crippen LogP contribution in [-0.2, 0) is 16.0 Å². The van der Waals surface area contributed by atoms with Crippen LogP contribution >= 0.6 is 0 Å². The highest BCUT2D eigenvalue weighted by molar-refractivity contribution is 5.82. The van der Waals surface area contributed by atoms with E-state index in [0.717, 1.165) is 12.0 Å². The van der Waals surface area contributed by atoms with Gasteiger partial charge in [0.05, 0.1) is 23.5 Å². The van der Waals surface area contributed by atoms with E-state index in [4.69, 9.17) is 11.5 Å². The Morgan fingerprint density at radius 3 is 2.65 bits per heavy atom. The van der Waals surface area contributed by atoms with Crippen LogP contribution in [0.2, 0.25) is 0 Å². The Morgan fingerprint density at radius 2 is 2.04 bits per heavy atom. The molecule has 2 amide bonds. The van der Waals surface area contributed by atoms with Gasteiger partial charge in [-0.1, -0.05) is 25.0 Å². The lowest BCUT2D eigenvalue weighted by molar-refractivity contribution is -0.155. The Balaban J connectivity index is 2.06. The molecule has 0 bridgehead atoms. The number of hydrogen-bond donors (Lipinski definition) is 4. The van der Waals surface area contributed by atoms with Crippen LogP contribution in [0, 0.1) is 17.7 Å². The lowest BCUT2D eigenvalue weighted by atomic mass is 9.66. The first kappa shape index (κ1) is 20.3. The smallest absolute Gasteiger partial charge is 0.223 e. The summed E-state index contributed by atoms with van der Waals surface area (Å²) >= 11 is 0. The number of rotatable bonds is 8. The van der Waals surface area contributed by atoms with Gasteiger partial charge in [0.25, 0.3) is 0 Å². The summed E-state index contributed by atoms with van der Waals surface area (Å²) < 4.78 is 13.2. The summed E-state index contributed by atoms with van der Waals surface area (Å²) in [6.07, 6.45) is 1.75. The molecule has 6 N–H and O–H groups in total. The van der Waals surface area contributed by atoms with E-state index in [-0.39, 0.29) is 25.1 Å². The molecule has 26 heavy (non-hydrogen) atoms. The first-order chi connectivity index (χ1) is 12.2. The van der Waals surface area contributed by atoms with Gasteiger partial charge in [0, 0.05) is 0 Å². The summed E-state index contributed by atoms with van der Waals surface area (Å²) in [5.41, 5.74) is 9.99. The van der Waals surface area contributed by atoms with E-state index < -0.39 is 35.4 Å². The lowest BCUT2D eigenvalue weighted by Gasteiger charge is -2.43. The number of halogens is 1. The average Bonchev–Trinajstić information content (AvgIpc) is 2.57. The van der Waals surface area contributed by atoms with Gasteiger partial charge in [-0.25, -0.2) is 4.39 Å². The molecule has 1 aliphatic rings. The molecule has 0 spiro atoms. The molecule has 4 atom stereocenters. The van der Waals surface area contributed by atoms with Gasteiger partial charge in [0.1, 0.15) is 5.82 Å². The molecule has 0 saturated heterocycles. The van der Waals surface area contributed by atoms with Crippen LogP contribution in [-0.4, -0.2) is 33.7 Å². The molecule has 1 fully saturated rings. The molecule has 2 rings (SSSR count). The van der Waals surface area contributed by atoms with E-state index in [2.05, 4.69) is 0 Å². The third-order valence-electron chi connectivity index (χ3n) is 5.38. The topological polar surface area (TPSA) is 127 Å². The Bertz CT molecular complexity index is 654. The second-order valence-electron chi connectivity index (χ2n) is 7.21. The zero-order chi connectivity index (χ0) is 19.3. The predicted octanol–water partition coefficient (Wildman–Crippen LogP) is 1.02. The van der Waals surface area contributed by atoms with Crippen LogP contribution in [0.4, 0.5) is 4.39 Å². The summed E-state index contributed by atoms with van der Waals surface area (Å²) in [6.45, 7) is 0. The van der Waals surface area contributed by atoms with Crippen molar-refractivity contribution < 1.29 is 24.2 Å². The standard InChI is InChI=1S/C19H27FN2O4/c20-13-5-3-4-12(10-13)7-8-14(23)11-16(18(22)25)19(26)9-2-1-6-15(19)17(21)24/h3-5,10,14-16,23,26H,1-2,6-9,11H2,(H2,21,24)(H2,22,25). The third-order valence-corrected chi connectivity index (χ3v) is 5.38. The van der Waals surface area contributed by atoms with Gasteiger partial charge < -0.3 is 21.7 Å². The van der Waals surface area contributed by atoms with Gasteiger partial charge in [0.2, 0.25) is 11.8 Å². The number of aryl methyl sites for hydroxylation is 1. The van der Waals surface area contributed by atoms with E-state index in [1.165, 1.54) is 12.1 Å². The Hall–Kier alpha value is -1.99. The number of hydrogen-bond acceptors (Lipinski definition) is 4. The summed E-state index contributed by atoms with van der Waals surface area (Å²) in [7, 11) is 0. The second-order valence-corrected chi connectivity index (χ2v) is 7.21. The molecule has 144 valence electrons. The first-order valence-electron chi connectivity index (χ1n) is 8.97. The molecule has 1 aliphatic carbocycles. The van der Waals surface area contributed by atoms with Crippen molar-refractivity contribution in [2.45, 2.75) is 56.7 Å². The van der Waals surface area contributed by atoms with Crippen LogP contribution in [0.3, 0.4) is 0 Å². The minimum Gasteiger partial charge on any atom is -0.393 e. The van der Waals surface area contributed by atoms with Crippen molar-refractivity contribution in [3.8, 4) is 0 Å². The largest absolute Gasteiger partial charge is 0.393 e. The van der Waals surface area contributed by atoms with Crippen LogP contribution in [0.5, 0.6) is 0 Å². The second kappa shape index (κ2) is 8.60. The maximum Gasteiger partial charge on any atom is 0.223 e. The molecule has 0 aliphatic heterocycles. The fourth-order valence-corrected chi connectivity index (χ4v) is 3.97. The minimum atomic E-state index is -1.63. The number of amides is 2. The van der Waals surface area contributed by atoms with Gasteiger partial charge in [-0.2, -0.15) is 0 Å². The van der Waals surface area contributed by atoms with E-state index in [0.29, 0.717) is 19.3 Å². The SMILES string of the molecule is NC(=O)C1CCCCC1(O)C(CC(O)CCc1cccc(F)c1)C(N)=O. The van der Waals surface area contributed by atoms with Gasteiger partial charge >= 0.3 is 0 Å². The highest BCUT2D eigenvalue weighted by atomic mass is 19.1. The highest BCUT2D eigenvalue weighted by Crippen LogP contribution is 2.41. The average molecular weight is 366 g/mol. The molecule has 6 nitrogen and oxygen atoms in total. The van der Waals surface area contributed by atoms with Gasteiger partial charge in [-0.3, -0.25) is 9.59 Å². The van der Waals surface area contributed by atoms with Crippen molar-refractivity contribution in [3.05, 3.63) is 35.6 Å². The maximum atomic E-state index is 13.2. The van der Waals surface area contributed by atoms with Crippen molar-refractivity contribution in [1.82, 2.24) is 0 Å². The summed E-state index contributed by atoms with van der Waals surface area (Å²) in [5.74, 6) is -3.70. The van der Waals surface area contributed by atoms with Crippen molar-refractivity contribution in [1.29, 1.82) is 0 Å². The fourth-order valence-electron chi connectivity index (χ4n) is 3.97. The minimum absolute atomic E-state index is 0.0646. The Kier molecular flexibility index (Phi) is 6.72. The van der Waals surface area contributed by atoms with Crippen molar-refractivity contribution in [3.63, 3.8) is 0 Å². The number of primary amides is 2. The number of benzene rings is 1. The fraction of sp³-hybridized carbons (Fsp3) is 0.579.